The third kappa shape index (κ3) is 6.22. The fraction of sp³-hybridized carbons (Fsp3) is 0.517. The number of carbonyl (C=O) groups is 2. The van der Waals surface area contributed by atoms with Crippen LogP contribution in [0.2, 0.25) is 15.1 Å². The standard InChI is InChI=1S/C29H36Cl3N5O3/c1-29(40,19-4-3-5-20(30)14-19)28(39)36-8-6-23(7-9-36)37-17-22(18-37)33-21-15-24(31)26(25(32)16-21)27(38)35-12-10-34(2)11-13-35/h3-5,14-16,22-23,33,40H,6-13,17-18H2,1-2H3/t29-/m0/s1. The zero-order chi connectivity index (χ0) is 28.6. The van der Waals surface area contributed by atoms with Crippen molar-refractivity contribution in [2.24, 2.45) is 0 Å². The Morgan fingerprint density at radius 3 is 2.15 bits per heavy atom. The van der Waals surface area contributed by atoms with E-state index in [9.17, 15) is 14.7 Å². The molecule has 0 aliphatic carbocycles. The van der Waals surface area contributed by atoms with Crippen molar-refractivity contribution in [2.45, 2.75) is 37.5 Å². The van der Waals surface area contributed by atoms with Crippen molar-refractivity contribution in [3.8, 4) is 0 Å². The number of amides is 2. The molecule has 3 aliphatic rings. The SMILES string of the molecule is CN1CCN(C(=O)c2c(Cl)cc(NC3CN(C4CCN(C(=O)[C@@](C)(O)c5cccc(Cl)c5)CC4)C3)cc2Cl)CC1. The summed E-state index contributed by atoms with van der Waals surface area (Å²) in [4.78, 5) is 34.3. The molecule has 3 heterocycles. The van der Waals surface area contributed by atoms with Crippen LogP contribution in [-0.4, -0.2) is 108 Å². The van der Waals surface area contributed by atoms with Gasteiger partial charge < -0.3 is 25.1 Å². The number of aliphatic hydroxyl groups is 1. The first-order valence-electron chi connectivity index (χ1n) is 13.8. The van der Waals surface area contributed by atoms with Gasteiger partial charge in [-0.25, -0.2) is 0 Å². The molecule has 0 spiro atoms. The Hall–Kier alpha value is -2.07. The quantitative estimate of drug-likeness (QED) is 0.516. The normalized spacial score (nSPS) is 21.1. The number of nitrogens with zero attached hydrogens (tertiary/aromatic N) is 4. The molecule has 0 radical (unpaired) electrons. The first-order chi connectivity index (χ1) is 19.0. The first kappa shape index (κ1) is 29.4. The van der Waals surface area contributed by atoms with Gasteiger partial charge >= 0.3 is 0 Å². The fourth-order valence-corrected chi connectivity index (χ4v) is 6.66. The Kier molecular flexibility index (Phi) is 8.86. The average molecular weight is 609 g/mol. The first-order valence-corrected chi connectivity index (χ1v) is 14.9. The number of anilines is 1. The molecule has 2 aromatic carbocycles. The van der Waals surface area contributed by atoms with E-state index in [1.165, 1.54) is 6.92 Å². The number of likely N-dealkylation sites (N-methyl/N-ethyl adjacent to an activating group) is 1. The summed E-state index contributed by atoms with van der Waals surface area (Å²) in [7, 11) is 2.04. The minimum atomic E-state index is -1.61. The van der Waals surface area contributed by atoms with Crippen LogP contribution in [0.25, 0.3) is 0 Å². The number of piperazine rings is 1. The number of piperidine rings is 1. The van der Waals surface area contributed by atoms with Crippen LogP contribution in [0.15, 0.2) is 36.4 Å². The summed E-state index contributed by atoms with van der Waals surface area (Å²) in [6.07, 6.45) is 1.70. The maximum absolute atomic E-state index is 13.1. The van der Waals surface area contributed by atoms with E-state index in [1.54, 1.807) is 46.2 Å². The van der Waals surface area contributed by atoms with E-state index in [2.05, 4.69) is 15.1 Å². The smallest absolute Gasteiger partial charge is 0.258 e. The van der Waals surface area contributed by atoms with E-state index in [0.717, 1.165) is 44.7 Å². The monoisotopic (exact) mass is 607 g/mol. The van der Waals surface area contributed by atoms with Crippen molar-refractivity contribution in [3.63, 3.8) is 0 Å². The second-order valence-corrected chi connectivity index (χ2v) is 12.6. The molecule has 11 heteroatoms. The van der Waals surface area contributed by atoms with E-state index in [0.29, 0.717) is 58.4 Å². The van der Waals surface area contributed by atoms with Crippen LogP contribution in [0.1, 0.15) is 35.7 Å². The van der Waals surface area contributed by atoms with Crippen LogP contribution in [0, 0.1) is 0 Å². The predicted octanol–water partition coefficient (Wildman–Crippen LogP) is 4.03. The van der Waals surface area contributed by atoms with Gasteiger partial charge in [0.1, 0.15) is 0 Å². The highest BCUT2D eigenvalue weighted by atomic mass is 35.5. The summed E-state index contributed by atoms with van der Waals surface area (Å²) in [6.45, 7) is 7.46. The van der Waals surface area contributed by atoms with Crippen LogP contribution >= 0.6 is 34.8 Å². The van der Waals surface area contributed by atoms with E-state index < -0.39 is 5.60 Å². The lowest BCUT2D eigenvalue weighted by atomic mass is 9.92. The molecule has 0 saturated carbocycles. The third-order valence-corrected chi connectivity index (χ3v) is 9.23. The molecule has 3 fully saturated rings. The largest absolute Gasteiger partial charge is 0.380 e. The lowest BCUT2D eigenvalue weighted by Crippen LogP contribution is -2.61. The molecule has 2 amide bonds. The summed E-state index contributed by atoms with van der Waals surface area (Å²) in [6, 6.07) is 11.0. The molecule has 216 valence electrons. The number of carbonyl (C=O) groups excluding carboxylic acids is 2. The van der Waals surface area contributed by atoms with E-state index in [-0.39, 0.29) is 17.9 Å². The number of hydrogen-bond acceptors (Lipinski definition) is 6. The Morgan fingerprint density at radius 2 is 1.55 bits per heavy atom. The highest BCUT2D eigenvalue weighted by Gasteiger charge is 2.40. The number of nitrogens with one attached hydrogen (secondary N) is 1. The van der Waals surface area contributed by atoms with Crippen molar-refractivity contribution in [1.29, 1.82) is 0 Å². The molecule has 3 saturated heterocycles. The third-order valence-electron chi connectivity index (χ3n) is 8.40. The highest BCUT2D eigenvalue weighted by molar-refractivity contribution is 6.40. The number of halogens is 3. The number of hydrogen-bond donors (Lipinski definition) is 2. The Morgan fingerprint density at radius 1 is 0.925 bits per heavy atom. The van der Waals surface area contributed by atoms with Gasteiger partial charge in [-0.3, -0.25) is 14.5 Å². The molecule has 0 aromatic heterocycles. The zero-order valence-corrected chi connectivity index (χ0v) is 25.1. The van der Waals surface area contributed by atoms with E-state index >= 15 is 0 Å². The molecule has 3 aliphatic heterocycles. The molecule has 40 heavy (non-hydrogen) atoms. The topological polar surface area (TPSA) is 79.4 Å². The lowest BCUT2D eigenvalue weighted by Gasteiger charge is -2.48. The van der Waals surface area contributed by atoms with Crippen LogP contribution in [0.3, 0.4) is 0 Å². The zero-order valence-electron chi connectivity index (χ0n) is 22.9. The van der Waals surface area contributed by atoms with Gasteiger partial charge in [-0.15, -0.1) is 0 Å². The van der Waals surface area contributed by atoms with Gasteiger partial charge in [0, 0.05) is 69.1 Å². The molecule has 5 rings (SSSR count). The van der Waals surface area contributed by atoms with Gasteiger partial charge in [0.05, 0.1) is 21.7 Å². The molecule has 2 N–H and O–H groups in total. The van der Waals surface area contributed by atoms with E-state index in [4.69, 9.17) is 34.8 Å². The van der Waals surface area contributed by atoms with Crippen molar-refractivity contribution >= 4 is 52.3 Å². The molecule has 0 unspecified atom stereocenters. The minimum absolute atomic E-state index is 0.122. The van der Waals surface area contributed by atoms with Crippen molar-refractivity contribution in [1.82, 2.24) is 19.6 Å². The number of rotatable bonds is 6. The van der Waals surface area contributed by atoms with Gasteiger partial charge in [0.25, 0.3) is 11.8 Å². The van der Waals surface area contributed by atoms with Crippen molar-refractivity contribution in [2.75, 3.05) is 64.7 Å². The minimum Gasteiger partial charge on any atom is -0.380 e. The summed E-state index contributed by atoms with van der Waals surface area (Å²) >= 11 is 19.2. The van der Waals surface area contributed by atoms with Gasteiger partial charge in [-0.2, -0.15) is 0 Å². The van der Waals surface area contributed by atoms with Gasteiger partial charge in [0.2, 0.25) is 0 Å². The van der Waals surface area contributed by atoms with Gasteiger partial charge in [-0.1, -0.05) is 46.9 Å². The Bertz CT molecular complexity index is 1230. The Labute approximate surface area is 250 Å². The summed E-state index contributed by atoms with van der Waals surface area (Å²) < 4.78 is 0. The van der Waals surface area contributed by atoms with Crippen molar-refractivity contribution in [3.05, 3.63) is 62.6 Å². The van der Waals surface area contributed by atoms with E-state index in [1.807, 2.05) is 7.05 Å². The lowest BCUT2D eigenvalue weighted by molar-refractivity contribution is -0.152. The molecule has 2 aromatic rings. The second-order valence-electron chi connectivity index (χ2n) is 11.3. The fourth-order valence-electron chi connectivity index (χ4n) is 5.82. The van der Waals surface area contributed by atoms with Crippen LogP contribution in [0.5, 0.6) is 0 Å². The summed E-state index contributed by atoms with van der Waals surface area (Å²) in [5, 5.41) is 15.7. The second kappa shape index (κ2) is 12.0. The average Bonchev–Trinajstić information content (AvgIpc) is 2.90. The Balaban J connectivity index is 1.11. The highest BCUT2D eigenvalue weighted by Crippen LogP contribution is 2.33. The van der Waals surface area contributed by atoms with Gasteiger partial charge in [0.15, 0.2) is 5.60 Å². The maximum atomic E-state index is 13.1. The number of benzene rings is 2. The van der Waals surface area contributed by atoms with Crippen LogP contribution in [-0.2, 0) is 10.4 Å². The molecular weight excluding hydrogens is 573 g/mol. The van der Waals surface area contributed by atoms with Gasteiger partial charge in [-0.05, 0) is 56.6 Å². The molecule has 8 nitrogen and oxygen atoms in total. The summed E-state index contributed by atoms with van der Waals surface area (Å²) in [5.41, 5.74) is 0.0553. The molecular formula is C29H36Cl3N5O3. The summed E-state index contributed by atoms with van der Waals surface area (Å²) in [5.74, 6) is -0.414. The molecule has 1 atom stereocenters. The predicted molar refractivity (Wildman–Crippen MR) is 159 cm³/mol. The number of likely N-dealkylation sites (tertiary alicyclic amines) is 2. The van der Waals surface area contributed by atoms with Crippen molar-refractivity contribution < 1.29 is 14.7 Å². The maximum Gasteiger partial charge on any atom is 0.258 e. The van der Waals surface area contributed by atoms with Crippen LogP contribution < -0.4 is 5.32 Å². The van der Waals surface area contributed by atoms with Crippen LogP contribution in [0.4, 0.5) is 5.69 Å². The molecule has 0 bridgehead atoms.